The Morgan fingerprint density at radius 2 is 1.86 bits per heavy atom. The second kappa shape index (κ2) is 10.2. The van der Waals surface area contributed by atoms with Crippen molar-refractivity contribution in [3.63, 3.8) is 0 Å². The Kier molecular flexibility index (Phi) is 7.10. The first-order valence-corrected chi connectivity index (χ1v) is 11.5. The molecule has 0 saturated carbocycles. The average molecular weight is 495 g/mol. The fourth-order valence-corrected chi connectivity index (χ4v) is 3.99. The first kappa shape index (κ1) is 25.0. The molecule has 1 aliphatic rings. The van der Waals surface area contributed by atoms with Crippen LogP contribution in [-0.4, -0.2) is 35.7 Å². The topological polar surface area (TPSA) is 102 Å². The van der Waals surface area contributed by atoms with Crippen molar-refractivity contribution in [2.75, 3.05) is 18.6 Å². The van der Waals surface area contributed by atoms with Gasteiger partial charge in [0.25, 0.3) is 5.78 Å². The highest BCUT2D eigenvalue weighted by Crippen LogP contribution is 2.44. The quantitative estimate of drug-likeness (QED) is 0.261. The van der Waals surface area contributed by atoms with E-state index in [9.17, 15) is 19.1 Å². The summed E-state index contributed by atoms with van der Waals surface area (Å²) in [5, 5.41) is 15.0. The third kappa shape index (κ3) is 4.82. The highest BCUT2D eigenvalue weighted by Gasteiger charge is 2.48. The van der Waals surface area contributed by atoms with Crippen molar-refractivity contribution in [2.45, 2.75) is 33.2 Å². The maximum absolute atomic E-state index is 13.5. The number of aliphatic hydroxyl groups excluding tert-OH is 1. The van der Waals surface area contributed by atoms with Gasteiger partial charge in [0.05, 0.1) is 25.3 Å². The molecule has 1 amide bonds. The molecule has 1 fully saturated rings. The standard InChI is InChI=1S/C27H27FN2O6/c1-15(2)11-12-35-20-10-7-18(14-21(20)34-4)24-23(25(31)17-5-8-19(28)9-6-17)26(32)27(33)30(24)22-13-16(3)36-29-22/h5-10,13-15,24,31H,11-12H2,1-4H3. The van der Waals surface area contributed by atoms with Crippen LogP contribution in [0.25, 0.3) is 5.76 Å². The van der Waals surface area contributed by atoms with E-state index in [1.165, 1.54) is 30.2 Å². The molecule has 1 aliphatic heterocycles. The summed E-state index contributed by atoms with van der Waals surface area (Å²) >= 11 is 0. The fraction of sp³-hybridized carbons (Fsp3) is 0.296. The molecule has 2 heterocycles. The summed E-state index contributed by atoms with van der Waals surface area (Å²) in [6.07, 6.45) is 0.855. The van der Waals surface area contributed by atoms with Gasteiger partial charge in [-0.25, -0.2) is 4.39 Å². The maximum atomic E-state index is 13.5. The number of halogens is 1. The predicted octanol–water partition coefficient (Wildman–Crippen LogP) is 5.18. The molecule has 3 aromatic rings. The number of ketones is 1. The van der Waals surface area contributed by atoms with Gasteiger partial charge in [-0.3, -0.25) is 14.5 Å². The number of aliphatic hydroxyl groups is 1. The van der Waals surface area contributed by atoms with Crippen LogP contribution in [0.15, 0.2) is 58.6 Å². The summed E-state index contributed by atoms with van der Waals surface area (Å²) < 4.78 is 30.0. The van der Waals surface area contributed by atoms with Gasteiger partial charge in [-0.15, -0.1) is 0 Å². The van der Waals surface area contributed by atoms with E-state index in [0.717, 1.165) is 18.6 Å². The number of Topliss-reactive ketones (excluding diaryl/α,β-unsaturated/α-hetero) is 1. The highest BCUT2D eigenvalue weighted by molar-refractivity contribution is 6.51. The summed E-state index contributed by atoms with van der Waals surface area (Å²) in [7, 11) is 1.49. The van der Waals surface area contributed by atoms with E-state index in [1.807, 2.05) is 0 Å². The van der Waals surface area contributed by atoms with Gasteiger partial charge in [0.1, 0.15) is 17.3 Å². The number of anilines is 1. The molecular weight excluding hydrogens is 467 g/mol. The highest BCUT2D eigenvalue weighted by atomic mass is 19.1. The molecule has 1 aromatic heterocycles. The second-order valence-corrected chi connectivity index (χ2v) is 8.91. The van der Waals surface area contributed by atoms with E-state index in [4.69, 9.17) is 14.0 Å². The van der Waals surface area contributed by atoms with Gasteiger partial charge >= 0.3 is 5.91 Å². The zero-order valence-electron chi connectivity index (χ0n) is 20.4. The summed E-state index contributed by atoms with van der Waals surface area (Å²) in [6.45, 7) is 6.35. The predicted molar refractivity (Wildman–Crippen MR) is 130 cm³/mol. The van der Waals surface area contributed by atoms with E-state index in [0.29, 0.717) is 35.3 Å². The van der Waals surface area contributed by atoms with Gasteiger partial charge in [-0.1, -0.05) is 25.1 Å². The minimum Gasteiger partial charge on any atom is -0.507 e. The number of amides is 1. The Balaban J connectivity index is 1.84. The van der Waals surface area contributed by atoms with Crippen molar-refractivity contribution < 1.29 is 33.1 Å². The first-order valence-electron chi connectivity index (χ1n) is 11.5. The molecule has 9 heteroatoms. The lowest BCUT2D eigenvalue weighted by atomic mass is 9.95. The van der Waals surface area contributed by atoms with E-state index in [2.05, 4.69) is 19.0 Å². The van der Waals surface area contributed by atoms with Crippen LogP contribution < -0.4 is 14.4 Å². The smallest absolute Gasteiger partial charge is 0.301 e. The largest absolute Gasteiger partial charge is 0.507 e. The zero-order chi connectivity index (χ0) is 26.0. The average Bonchev–Trinajstić information content (AvgIpc) is 3.39. The normalized spacial score (nSPS) is 17.2. The lowest BCUT2D eigenvalue weighted by molar-refractivity contribution is -0.132. The fourth-order valence-electron chi connectivity index (χ4n) is 3.99. The molecule has 0 aliphatic carbocycles. The number of methoxy groups -OCH3 is 1. The van der Waals surface area contributed by atoms with Crippen LogP contribution >= 0.6 is 0 Å². The minimum absolute atomic E-state index is 0.119. The molecule has 1 unspecified atom stereocenters. The van der Waals surface area contributed by atoms with Crippen LogP contribution in [0.5, 0.6) is 11.5 Å². The van der Waals surface area contributed by atoms with Gasteiger partial charge in [-0.05, 0) is 61.2 Å². The molecule has 1 N–H and O–H groups in total. The van der Waals surface area contributed by atoms with Crippen LogP contribution in [0.4, 0.5) is 10.2 Å². The van der Waals surface area contributed by atoms with Crippen LogP contribution in [0.2, 0.25) is 0 Å². The number of aromatic nitrogens is 1. The van der Waals surface area contributed by atoms with Crippen molar-refractivity contribution in [3.05, 3.63) is 76.8 Å². The molecule has 2 aromatic carbocycles. The Labute approximate surface area is 207 Å². The third-order valence-corrected chi connectivity index (χ3v) is 5.88. The molecule has 0 spiro atoms. The monoisotopic (exact) mass is 494 g/mol. The number of hydrogen-bond acceptors (Lipinski definition) is 7. The van der Waals surface area contributed by atoms with E-state index in [-0.39, 0.29) is 17.0 Å². The van der Waals surface area contributed by atoms with Gasteiger partial charge in [-0.2, -0.15) is 0 Å². The summed E-state index contributed by atoms with van der Waals surface area (Å²) in [5.41, 5.74) is 0.505. The number of benzene rings is 2. The molecule has 8 nitrogen and oxygen atoms in total. The number of hydrogen-bond donors (Lipinski definition) is 1. The Morgan fingerprint density at radius 3 is 2.47 bits per heavy atom. The third-order valence-electron chi connectivity index (χ3n) is 5.88. The number of carbonyl (C=O) groups excluding carboxylic acids is 2. The SMILES string of the molecule is COc1cc(C2C(=C(O)c3ccc(F)cc3)C(=O)C(=O)N2c2cc(C)on2)ccc1OCCC(C)C. The molecule has 4 rings (SSSR count). The van der Waals surface area contributed by atoms with Crippen molar-refractivity contribution in [1.82, 2.24) is 5.16 Å². The van der Waals surface area contributed by atoms with Crippen molar-refractivity contribution in [2.24, 2.45) is 5.92 Å². The van der Waals surface area contributed by atoms with Crippen molar-refractivity contribution >= 4 is 23.3 Å². The van der Waals surface area contributed by atoms with E-state index >= 15 is 0 Å². The van der Waals surface area contributed by atoms with Crippen molar-refractivity contribution in [1.29, 1.82) is 0 Å². The lowest BCUT2D eigenvalue weighted by Gasteiger charge is -2.24. The summed E-state index contributed by atoms with van der Waals surface area (Å²) in [5.74, 6) is -0.782. The molecular formula is C27H27FN2O6. The van der Waals surface area contributed by atoms with Gasteiger partial charge < -0.3 is 19.1 Å². The molecule has 0 radical (unpaired) electrons. The van der Waals surface area contributed by atoms with Crippen LogP contribution in [0, 0.1) is 18.7 Å². The van der Waals surface area contributed by atoms with Crippen LogP contribution in [0.1, 0.15) is 43.2 Å². The minimum atomic E-state index is -1.04. The Hall–Kier alpha value is -4.14. The molecule has 36 heavy (non-hydrogen) atoms. The number of rotatable bonds is 8. The van der Waals surface area contributed by atoms with E-state index < -0.39 is 29.3 Å². The van der Waals surface area contributed by atoms with Gasteiger partial charge in [0.15, 0.2) is 17.3 Å². The Bertz CT molecular complexity index is 1310. The Morgan fingerprint density at radius 1 is 1.14 bits per heavy atom. The lowest BCUT2D eigenvalue weighted by Crippen LogP contribution is -2.29. The number of nitrogens with zero attached hydrogens (tertiary/aromatic N) is 2. The zero-order valence-corrected chi connectivity index (χ0v) is 20.4. The number of aryl methyl sites for hydroxylation is 1. The number of carbonyl (C=O) groups is 2. The molecule has 0 bridgehead atoms. The first-order chi connectivity index (χ1) is 17.2. The van der Waals surface area contributed by atoms with Gasteiger partial charge in [0, 0.05) is 11.6 Å². The molecule has 188 valence electrons. The van der Waals surface area contributed by atoms with Crippen LogP contribution in [0.3, 0.4) is 0 Å². The summed E-state index contributed by atoms with van der Waals surface area (Å²) in [4.78, 5) is 27.5. The van der Waals surface area contributed by atoms with Crippen LogP contribution in [-0.2, 0) is 9.59 Å². The van der Waals surface area contributed by atoms with E-state index in [1.54, 1.807) is 25.1 Å². The number of ether oxygens (including phenoxy) is 2. The molecule has 1 atom stereocenters. The maximum Gasteiger partial charge on any atom is 0.301 e. The van der Waals surface area contributed by atoms with Crippen molar-refractivity contribution in [3.8, 4) is 11.5 Å². The second-order valence-electron chi connectivity index (χ2n) is 8.91. The summed E-state index contributed by atoms with van der Waals surface area (Å²) in [6, 6.07) is 10.5. The van der Waals surface area contributed by atoms with Gasteiger partial charge in [0.2, 0.25) is 0 Å². The molecule has 1 saturated heterocycles.